The van der Waals surface area contributed by atoms with E-state index in [0.29, 0.717) is 0 Å². The second-order valence-corrected chi connectivity index (χ2v) is 0.721. The van der Waals surface area contributed by atoms with Gasteiger partial charge >= 0.3 is 0 Å². The average molecular weight is 112 g/mol. The maximum atomic E-state index is 11.1. The molecule has 3 heteroatoms. The summed E-state index contributed by atoms with van der Waals surface area (Å²) in [6, 6.07) is 0. The van der Waals surface area contributed by atoms with Crippen LogP contribution >= 0.6 is 12.4 Å². The second kappa shape index (κ2) is 4.92. The molecule has 0 amide bonds. The summed E-state index contributed by atoms with van der Waals surface area (Å²) in [6.07, 6.45) is 0. The van der Waals surface area contributed by atoms with Crippen LogP contribution in [0.4, 0.5) is 4.39 Å². The minimum atomic E-state index is -0.468. The van der Waals surface area contributed by atoms with Crippen LogP contribution < -0.4 is 5.73 Å². The third-order valence-corrected chi connectivity index (χ3v) is 0.221. The summed E-state index contributed by atoms with van der Waals surface area (Å²) >= 11 is 0. The molecule has 38 valence electrons. The van der Waals surface area contributed by atoms with Gasteiger partial charge in [-0.3, -0.25) is 0 Å². The van der Waals surface area contributed by atoms with Crippen molar-refractivity contribution in [3.8, 4) is 0 Å². The van der Waals surface area contributed by atoms with Gasteiger partial charge in [-0.25, -0.2) is 4.39 Å². The highest BCUT2D eigenvalue weighted by molar-refractivity contribution is 5.85. The van der Waals surface area contributed by atoms with Crippen molar-refractivity contribution in [1.82, 2.24) is 0 Å². The summed E-state index contributed by atoms with van der Waals surface area (Å²) in [5.41, 5.74) is 4.70. The van der Waals surface area contributed by atoms with Crippen molar-refractivity contribution >= 4 is 12.4 Å². The van der Waals surface area contributed by atoms with Crippen LogP contribution in [-0.2, 0) is 0 Å². The first-order valence-electron chi connectivity index (χ1n) is 1.30. The molecule has 0 unspecified atom stereocenters. The van der Waals surface area contributed by atoms with Crippen LogP contribution in [-0.4, -0.2) is 6.54 Å². The third kappa shape index (κ3) is 9.07. The molecular weight excluding hydrogens is 104 g/mol. The van der Waals surface area contributed by atoms with Crippen LogP contribution in [0.25, 0.3) is 0 Å². The van der Waals surface area contributed by atoms with Gasteiger partial charge in [-0.15, -0.1) is 12.4 Å². The molecule has 0 aromatic heterocycles. The summed E-state index contributed by atoms with van der Waals surface area (Å²) in [4.78, 5) is 0. The molecule has 0 aromatic rings. The van der Waals surface area contributed by atoms with Crippen LogP contribution in [0.1, 0.15) is 0 Å². The van der Waals surface area contributed by atoms with E-state index in [9.17, 15) is 4.39 Å². The van der Waals surface area contributed by atoms with Gasteiger partial charge in [-0.05, 0) is 0 Å². The summed E-state index contributed by atoms with van der Waals surface area (Å²) in [5.74, 6) is -0.468. The highest BCUT2D eigenvalue weighted by Gasteiger charge is 1.73. The Hall–Kier alpha value is -0.0800. The molecule has 0 aliphatic rings. The lowest BCUT2D eigenvalue weighted by atomic mass is 10.6. The maximum Gasteiger partial charge on any atom is 0.106 e. The summed E-state index contributed by atoms with van der Waals surface area (Å²) in [5, 5.41) is 0. The molecule has 0 aliphatic carbocycles. The highest BCUT2D eigenvalue weighted by atomic mass is 35.5. The van der Waals surface area contributed by atoms with Gasteiger partial charge < -0.3 is 5.73 Å². The van der Waals surface area contributed by atoms with E-state index in [1.54, 1.807) is 0 Å². The standard InChI is InChI=1S/C3H6FN.ClH/c1-3(4)2-5;/h1-2,5H2;1H. The van der Waals surface area contributed by atoms with Gasteiger partial charge in [0.1, 0.15) is 5.83 Å². The van der Waals surface area contributed by atoms with E-state index in [1.807, 2.05) is 0 Å². The van der Waals surface area contributed by atoms with Crippen molar-refractivity contribution < 1.29 is 4.39 Å². The van der Waals surface area contributed by atoms with Crippen LogP contribution in [0, 0.1) is 0 Å². The van der Waals surface area contributed by atoms with Gasteiger partial charge in [0.25, 0.3) is 0 Å². The van der Waals surface area contributed by atoms with Crippen LogP contribution in [0.3, 0.4) is 0 Å². The molecule has 0 radical (unpaired) electrons. The zero-order valence-electron chi connectivity index (χ0n) is 3.28. The summed E-state index contributed by atoms with van der Waals surface area (Å²) in [6.45, 7) is 2.83. The van der Waals surface area contributed by atoms with Gasteiger partial charge in [0.2, 0.25) is 0 Å². The van der Waals surface area contributed by atoms with Gasteiger partial charge in [0, 0.05) is 6.54 Å². The predicted octanol–water partition coefficient (Wildman–Crippen LogP) is 0.850. The Bertz CT molecular complexity index is 46.1. The summed E-state index contributed by atoms with van der Waals surface area (Å²) in [7, 11) is 0. The van der Waals surface area contributed by atoms with E-state index in [-0.39, 0.29) is 19.0 Å². The molecule has 0 rings (SSSR count). The first kappa shape index (κ1) is 9.33. The van der Waals surface area contributed by atoms with Crippen LogP contribution in [0.15, 0.2) is 12.4 Å². The number of rotatable bonds is 1. The number of nitrogens with two attached hydrogens (primary N) is 1. The Labute approximate surface area is 42.4 Å². The molecule has 6 heavy (non-hydrogen) atoms. The minimum Gasteiger partial charge on any atom is -0.325 e. The fourth-order valence-electron chi connectivity index (χ4n) is 0. The third-order valence-electron chi connectivity index (χ3n) is 0.221. The molecule has 0 aromatic carbocycles. The molecule has 0 spiro atoms. The van der Waals surface area contributed by atoms with Gasteiger partial charge in [-0.2, -0.15) is 0 Å². The minimum absolute atomic E-state index is 0. The zero-order valence-corrected chi connectivity index (χ0v) is 4.09. The lowest BCUT2D eigenvalue weighted by molar-refractivity contribution is 0.623. The van der Waals surface area contributed by atoms with Crippen molar-refractivity contribution in [2.75, 3.05) is 6.54 Å². The van der Waals surface area contributed by atoms with E-state index >= 15 is 0 Å². The van der Waals surface area contributed by atoms with Crippen molar-refractivity contribution in [2.45, 2.75) is 0 Å². The number of halogens is 2. The topological polar surface area (TPSA) is 26.0 Å². The molecule has 0 saturated carbocycles. The van der Waals surface area contributed by atoms with Crippen molar-refractivity contribution in [3.63, 3.8) is 0 Å². The van der Waals surface area contributed by atoms with Gasteiger partial charge in [-0.1, -0.05) is 6.58 Å². The molecular formula is C3H7ClFN. The Balaban J connectivity index is 0. The van der Waals surface area contributed by atoms with E-state index in [4.69, 9.17) is 5.73 Å². The van der Waals surface area contributed by atoms with Crippen molar-refractivity contribution in [2.24, 2.45) is 5.73 Å². The smallest absolute Gasteiger partial charge is 0.106 e. The van der Waals surface area contributed by atoms with E-state index in [0.717, 1.165) is 0 Å². The molecule has 0 saturated heterocycles. The second-order valence-electron chi connectivity index (χ2n) is 0.721. The van der Waals surface area contributed by atoms with Crippen LogP contribution in [0.2, 0.25) is 0 Å². The van der Waals surface area contributed by atoms with E-state index in [2.05, 4.69) is 6.58 Å². The molecule has 1 nitrogen and oxygen atoms in total. The SMILES string of the molecule is C=C(F)CN.Cl. The summed E-state index contributed by atoms with van der Waals surface area (Å²) < 4.78 is 11.1. The van der Waals surface area contributed by atoms with Crippen LogP contribution in [0.5, 0.6) is 0 Å². The fraction of sp³-hybridized carbons (Fsp3) is 0.333. The predicted molar refractivity (Wildman–Crippen MR) is 26.6 cm³/mol. The molecule has 0 bridgehead atoms. The largest absolute Gasteiger partial charge is 0.325 e. The van der Waals surface area contributed by atoms with Crippen molar-refractivity contribution in [3.05, 3.63) is 12.4 Å². The van der Waals surface area contributed by atoms with Crippen molar-refractivity contribution in [1.29, 1.82) is 0 Å². The van der Waals surface area contributed by atoms with E-state index in [1.165, 1.54) is 0 Å². The Morgan fingerprint density at radius 2 is 2.00 bits per heavy atom. The lowest BCUT2D eigenvalue weighted by Gasteiger charge is -1.75. The molecule has 0 fully saturated rings. The molecule has 0 aliphatic heterocycles. The Kier molecular flexibility index (Phi) is 7.65. The number of hydrogen-bond donors (Lipinski definition) is 1. The quantitative estimate of drug-likeness (QED) is 0.534. The first-order chi connectivity index (χ1) is 2.27. The first-order valence-corrected chi connectivity index (χ1v) is 1.30. The molecule has 2 N–H and O–H groups in total. The fourth-order valence-corrected chi connectivity index (χ4v) is 0. The van der Waals surface area contributed by atoms with E-state index < -0.39 is 5.83 Å². The molecule has 0 heterocycles. The highest BCUT2D eigenvalue weighted by Crippen LogP contribution is 1.80. The molecule has 0 atom stereocenters. The maximum absolute atomic E-state index is 11.1. The van der Waals surface area contributed by atoms with Gasteiger partial charge in [0.15, 0.2) is 0 Å². The van der Waals surface area contributed by atoms with Gasteiger partial charge in [0.05, 0.1) is 0 Å². The number of hydrogen-bond acceptors (Lipinski definition) is 1. The normalized spacial score (nSPS) is 6.33. The average Bonchev–Trinajstić information content (AvgIpc) is 1.38. The monoisotopic (exact) mass is 111 g/mol. The Morgan fingerprint density at radius 1 is 1.83 bits per heavy atom. The zero-order chi connectivity index (χ0) is 4.28. The Morgan fingerprint density at radius 3 is 2.00 bits per heavy atom. The lowest BCUT2D eigenvalue weighted by Crippen LogP contribution is -1.96.